The highest BCUT2D eigenvalue weighted by atomic mass is 79.9. The Bertz CT molecular complexity index is 469. The van der Waals surface area contributed by atoms with Gasteiger partial charge in [0.15, 0.2) is 0 Å². The lowest BCUT2D eigenvalue weighted by atomic mass is 9.97. The number of benzene rings is 1. The molecule has 0 saturated heterocycles. The van der Waals surface area contributed by atoms with Gasteiger partial charge in [0.1, 0.15) is 0 Å². The Kier molecular flexibility index (Phi) is 4.43. The van der Waals surface area contributed by atoms with Crippen LogP contribution in [-0.2, 0) is 0 Å². The Hall–Kier alpha value is -1.03. The molecular formula is C14H21BrN2O. The van der Waals surface area contributed by atoms with E-state index in [1.54, 1.807) is 4.90 Å². The molecule has 2 N–H and O–H groups in total. The summed E-state index contributed by atoms with van der Waals surface area (Å²) in [5, 5.41) is 0. The number of nitrogens with two attached hydrogens (primary N) is 1. The van der Waals surface area contributed by atoms with E-state index in [-0.39, 0.29) is 11.4 Å². The van der Waals surface area contributed by atoms with Gasteiger partial charge in [-0.2, -0.15) is 0 Å². The summed E-state index contributed by atoms with van der Waals surface area (Å²) < 4.78 is 0.830. The highest BCUT2D eigenvalue weighted by Gasteiger charge is 2.27. The van der Waals surface area contributed by atoms with Crippen molar-refractivity contribution < 1.29 is 4.79 Å². The lowest BCUT2D eigenvalue weighted by Gasteiger charge is -2.35. The van der Waals surface area contributed by atoms with Gasteiger partial charge in [-0.3, -0.25) is 4.79 Å². The summed E-state index contributed by atoms with van der Waals surface area (Å²) in [6.45, 7) is 8.07. The number of carbonyl (C=O) groups excluding carboxylic acids is 1. The lowest BCUT2D eigenvalue weighted by Crippen LogP contribution is -2.44. The maximum atomic E-state index is 12.5. The van der Waals surface area contributed by atoms with Crippen molar-refractivity contribution in [1.29, 1.82) is 0 Å². The molecular weight excluding hydrogens is 292 g/mol. The van der Waals surface area contributed by atoms with Crippen molar-refractivity contribution in [3.63, 3.8) is 0 Å². The Balaban J connectivity index is 3.20. The fourth-order valence-electron chi connectivity index (χ4n) is 1.61. The molecule has 0 spiro atoms. The van der Waals surface area contributed by atoms with Crippen LogP contribution in [0, 0.1) is 6.92 Å². The predicted octanol–water partition coefficient (Wildman–Crippen LogP) is 3.60. The molecule has 0 bridgehead atoms. The van der Waals surface area contributed by atoms with E-state index in [0.717, 1.165) is 16.5 Å². The molecule has 1 aromatic carbocycles. The van der Waals surface area contributed by atoms with Crippen LogP contribution >= 0.6 is 15.9 Å². The zero-order valence-corrected chi connectivity index (χ0v) is 13.3. The van der Waals surface area contributed by atoms with E-state index < -0.39 is 0 Å². The molecule has 0 heterocycles. The summed E-state index contributed by atoms with van der Waals surface area (Å²) in [6, 6.07) is 3.65. The standard InChI is InChI=1S/C14H21BrN2O/c1-6-14(3,4)17(5)13(18)11-7-10(15)8-12(16)9(11)2/h7-8H,6,16H2,1-5H3. The van der Waals surface area contributed by atoms with Crippen LogP contribution in [0.4, 0.5) is 5.69 Å². The summed E-state index contributed by atoms with van der Waals surface area (Å²) in [6.07, 6.45) is 0.901. The minimum absolute atomic E-state index is 0.00681. The summed E-state index contributed by atoms with van der Waals surface area (Å²) in [4.78, 5) is 14.3. The molecule has 3 nitrogen and oxygen atoms in total. The van der Waals surface area contributed by atoms with E-state index in [9.17, 15) is 4.79 Å². The minimum atomic E-state index is -0.166. The number of hydrogen-bond donors (Lipinski definition) is 1. The molecule has 0 saturated carbocycles. The molecule has 1 rings (SSSR count). The Morgan fingerprint density at radius 2 is 2.00 bits per heavy atom. The van der Waals surface area contributed by atoms with Gasteiger partial charge in [-0.05, 0) is 44.9 Å². The molecule has 1 aromatic rings. The number of nitrogen functional groups attached to an aromatic ring is 1. The van der Waals surface area contributed by atoms with E-state index in [1.165, 1.54) is 0 Å². The molecule has 18 heavy (non-hydrogen) atoms. The van der Waals surface area contributed by atoms with Crippen LogP contribution in [0.5, 0.6) is 0 Å². The molecule has 100 valence electrons. The minimum Gasteiger partial charge on any atom is -0.398 e. The predicted molar refractivity (Wildman–Crippen MR) is 79.8 cm³/mol. The van der Waals surface area contributed by atoms with Crippen LogP contribution in [0.15, 0.2) is 16.6 Å². The van der Waals surface area contributed by atoms with Gasteiger partial charge >= 0.3 is 0 Å². The van der Waals surface area contributed by atoms with E-state index in [2.05, 4.69) is 36.7 Å². The zero-order chi connectivity index (χ0) is 14.1. The van der Waals surface area contributed by atoms with Gasteiger partial charge in [0.25, 0.3) is 5.91 Å². The Morgan fingerprint density at radius 3 is 2.50 bits per heavy atom. The molecule has 4 heteroatoms. The fraction of sp³-hybridized carbons (Fsp3) is 0.500. The van der Waals surface area contributed by atoms with Gasteiger partial charge in [0.2, 0.25) is 0 Å². The number of nitrogens with zero attached hydrogens (tertiary/aromatic N) is 1. The number of amides is 1. The number of anilines is 1. The smallest absolute Gasteiger partial charge is 0.254 e. The van der Waals surface area contributed by atoms with Gasteiger partial charge in [-0.15, -0.1) is 0 Å². The first kappa shape index (κ1) is 15.0. The van der Waals surface area contributed by atoms with Crippen molar-refractivity contribution in [2.75, 3.05) is 12.8 Å². The van der Waals surface area contributed by atoms with Gasteiger partial charge < -0.3 is 10.6 Å². The molecule has 0 unspecified atom stereocenters. The van der Waals surface area contributed by atoms with Crippen molar-refractivity contribution in [2.45, 2.75) is 39.7 Å². The molecule has 0 aliphatic heterocycles. The second-order valence-electron chi connectivity index (χ2n) is 5.20. The van der Waals surface area contributed by atoms with Crippen molar-refractivity contribution in [3.8, 4) is 0 Å². The third-order valence-corrected chi connectivity index (χ3v) is 4.18. The summed E-state index contributed by atoms with van der Waals surface area (Å²) in [5.74, 6) is 0.00681. The van der Waals surface area contributed by atoms with Crippen LogP contribution < -0.4 is 5.73 Å². The molecule has 0 fully saturated rings. The van der Waals surface area contributed by atoms with Gasteiger partial charge in [-0.1, -0.05) is 22.9 Å². The Morgan fingerprint density at radius 1 is 1.44 bits per heavy atom. The van der Waals surface area contributed by atoms with E-state index in [1.807, 2.05) is 26.1 Å². The van der Waals surface area contributed by atoms with E-state index >= 15 is 0 Å². The molecule has 0 aromatic heterocycles. The summed E-state index contributed by atoms with van der Waals surface area (Å²) in [7, 11) is 1.84. The first-order chi connectivity index (χ1) is 8.20. The summed E-state index contributed by atoms with van der Waals surface area (Å²) >= 11 is 3.38. The van der Waals surface area contributed by atoms with Gasteiger partial charge in [0.05, 0.1) is 0 Å². The average molecular weight is 313 g/mol. The van der Waals surface area contributed by atoms with Crippen molar-refractivity contribution in [1.82, 2.24) is 4.90 Å². The molecule has 0 radical (unpaired) electrons. The van der Waals surface area contributed by atoms with Crippen LogP contribution in [0.25, 0.3) is 0 Å². The van der Waals surface area contributed by atoms with Crippen LogP contribution in [-0.4, -0.2) is 23.4 Å². The highest BCUT2D eigenvalue weighted by Crippen LogP contribution is 2.26. The lowest BCUT2D eigenvalue weighted by molar-refractivity contribution is 0.0619. The third kappa shape index (κ3) is 2.86. The fourth-order valence-corrected chi connectivity index (χ4v) is 2.09. The van der Waals surface area contributed by atoms with Crippen LogP contribution in [0.3, 0.4) is 0 Å². The van der Waals surface area contributed by atoms with Crippen molar-refractivity contribution >= 4 is 27.5 Å². The average Bonchev–Trinajstić information content (AvgIpc) is 2.31. The molecule has 0 atom stereocenters. The normalized spacial score (nSPS) is 11.4. The van der Waals surface area contributed by atoms with Crippen molar-refractivity contribution in [2.24, 2.45) is 0 Å². The zero-order valence-electron chi connectivity index (χ0n) is 11.7. The third-order valence-electron chi connectivity index (χ3n) is 3.72. The number of carbonyl (C=O) groups is 1. The van der Waals surface area contributed by atoms with Crippen molar-refractivity contribution in [3.05, 3.63) is 27.7 Å². The highest BCUT2D eigenvalue weighted by molar-refractivity contribution is 9.10. The SMILES string of the molecule is CCC(C)(C)N(C)C(=O)c1cc(Br)cc(N)c1C. The maximum Gasteiger partial charge on any atom is 0.254 e. The largest absolute Gasteiger partial charge is 0.398 e. The molecule has 1 amide bonds. The monoisotopic (exact) mass is 312 g/mol. The van der Waals surface area contributed by atoms with Gasteiger partial charge in [-0.25, -0.2) is 0 Å². The quantitative estimate of drug-likeness (QED) is 0.867. The molecule has 0 aliphatic carbocycles. The van der Waals surface area contributed by atoms with Crippen LogP contribution in [0.1, 0.15) is 43.1 Å². The first-order valence-electron chi connectivity index (χ1n) is 6.04. The number of rotatable bonds is 3. The number of hydrogen-bond acceptors (Lipinski definition) is 2. The van der Waals surface area contributed by atoms with E-state index in [0.29, 0.717) is 11.3 Å². The summed E-state index contributed by atoms with van der Waals surface area (Å²) in [5.41, 5.74) is 7.86. The molecule has 0 aliphatic rings. The van der Waals surface area contributed by atoms with Crippen LogP contribution in [0.2, 0.25) is 0 Å². The topological polar surface area (TPSA) is 46.3 Å². The van der Waals surface area contributed by atoms with Gasteiger partial charge in [0, 0.05) is 28.3 Å². The maximum absolute atomic E-state index is 12.5. The first-order valence-corrected chi connectivity index (χ1v) is 6.83. The number of halogens is 1. The second kappa shape index (κ2) is 5.31. The Labute approximate surface area is 117 Å². The second-order valence-corrected chi connectivity index (χ2v) is 6.11. The van der Waals surface area contributed by atoms with E-state index in [4.69, 9.17) is 5.73 Å².